The van der Waals surface area contributed by atoms with Crippen molar-refractivity contribution in [2.24, 2.45) is 0 Å². The van der Waals surface area contributed by atoms with Crippen LogP contribution in [0.2, 0.25) is 5.02 Å². The minimum atomic E-state index is -0.636. The molecule has 0 aliphatic heterocycles. The summed E-state index contributed by atoms with van der Waals surface area (Å²) in [5.41, 5.74) is 0.367. The Morgan fingerprint density at radius 1 is 1.45 bits per heavy atom. The molecule has 0 aromatic heterocycles. The highest BCUT2D eigenvalue weighted by molar-refractivity contribution is 6.30. The van der Waals surface area contributed by atoms with Crippen LogP contribution < -0.4 is 5.32 Å². The Morgan fingerprint density at radius 3 is 2.73 bits per heavy atom. The van der Waals surface area contributed by atoms with E-state index >= 15 is 0 Å². The molecule has 0 saturated carbocycles. The molecule has 124 valence electrons. The monoisotopic (exact) mass is 328 g/mol. The standard InChI is InChI=1S/C16H25ClN2O3/c1-16(2,3)22-11-14(20)9-19(4)10-15(21)18-13-7-5-6-12(17)8-13/h5-8,14,20H,9-11H2,1-4H3,(H,18,21). The molecule has 22 heavy (non-hydrogen) atoms. The van der Waals surface area contributed by atoms with E-state index in [-0.39, 0.29) is 24.7 Å². The maximum Gasteiger partial charge on any atom is 0.238 e. The SMILES string of the molecule is CN(CC(=O)Nc1cccc(Cl)c1)CC(O)COC(C)(C)C. The molecule has 2 N–H and O–H groups in total. The number of rotatable bonds is 7. The first-order chi connectivity index (χ1) is 10.2. The minimum absolute atomic E-state index is 0.159. The van der Waals surface area contributed by atoms with Crippen molar-refractivity contribution in [3.05, 3.63) is 29.3 Å². The van der Waals surface area contributed by atoms with Gasteiger partial charge in [-0.2, -0.15) is 0 Å². The quantitative estimate of drug-likeness (QED) is 0.806. The van der Waals surface area contributed by atoms with Gasteiger partial charge in [-0.3, -0.25) is 9.69 Å². The van der Waals surface area contributed by atoms with Gasteiger partial charge in [0, 0.05) is 17.3 Å². The summed E-state index contributed by atoms with van der Waals surface area (Å²) in [6.45, 7) is 6.58. The second-order valence-corrected chi connectivity index (χ2v) is 6.77. The van der Waals surface area contributed by atoms with E-state index < -0.39 is 6.10 Å². The summed E-state index contributed by atoms with van der Waals surface area (Å²) in [6.07, 6.45) is -0.636. The fourth-order valence-electron chi connectivity index (χ4n) is 1.84. The summed E-state index contributed by atoms with van der Waals surface area (Å²) >= 11 is 5.87. The van der Waals surface area contributed by atoms with Gasteiger partial charge in [-0.1, -0.05) is 17.7 Å². The number of hydrogen-bond donors (Lipinski definition) is 2. The van der Waals surface area contributed by atoms with Crippen LogP contribution >= 0.6 is 11.6 Å². The lowest BCUT2D eigenvalue weighted by molar-refractivity contribution is -0.117. The molecule has 0 bridgehead atoms. The second kappa shape index (κ2) is 8.48. The van der Waals surface area contributed by atoms with E-state index in [4.69, 9.17) is 16.3 Å². The lowest BCUT2D eigenvalue weighted by Crippen LogP contribution is -2.38. The highest BCUT2D eigenvalue weighted by Gasteiger charge is 2.16. The molecule has 1 amide bonds. The van der Waals surface area contributed by atoms with E-state index in [1.165, 1.54) is 0 Å². The van der Waals surface area contributed by atoms with Crippen LogP contribution in [0.5, 0.6) is 0 Å². The minimum Gasteiger partial charge on any atom is -0.389 e. The molecule has 1 aromatic rings. The summed E-state index contributed by atoms with van der Waals surface area (Å²) in [4.78, 5) is 13.7. The largest absolute Gasteiger partial charge is 0.389 e. The number of anilines is 1. The van der Waals surface area contributed by atoms with Crippen molar-refractivity contribution in [1.82, 2.24) is 4.90 Å². The van der Waals surface area contributed by atoms with E-state index in [1.54, 1.807) is 36.2 Å². The predicted octanol–water partition coefficient (Wildman–Crippen LogP) is 2.39. The number of carbonyl (C=O) groups is 1. The molecule has 0 radical (unpaired) electrons. The van der Waals surface area contributed by atoms with Gasteiger partial charge in [0.2, 0.25) is 5.91 Å². The lowest BCUT2D eigenvalue weighted by atomic mass is 10.2. The highest BCUT2D eigenvalue weighted by atomic mass is 35.5. The highest BCUT2D eigenvalue weighted by Crippen LogP contribution is 2.14. The normalized spacial score (nSPS) is 13.2. The number of nitrogens with one attached hydrogen (secondary N) is 1. The molecule has 0 aliphatic carbocycles. The average molecular weight is 329 g/mol. The molecule has 0 heterocycles. The third-order valence-corrected chi connectivity index (χ3v) is 2.99. The first kappa shape index (κ1) is 18.9. The Balaban J connectivity index is 2.34. The maximum absolute atomic E-state index is 11.9. The van der Waals surface area contributed by atoms with Crippen LogP contribution in [0.25, 0.3) is 0 Å². The number of benzene rings is 1. The van der Waals surface area contributed by atoms with Crippen molar-refractivity contribution in [1.29, 1.82) is 0 Å². The van der Waals surface area contributed by atoms with Gasteiger partial charge in [-0.05, 0) is 46.0 Å². The van der Waals surface area contributed by atoms with Crippen molar-refractivity contribution in [2.45, 2.75) is 32.5 Å². The molecule has 5 nitrogen and oxygen atoms in total. The summed E-state index contributed by atoms with van der Waals surface area (Å²) in [7, 11) is 1.78. The fourth-order valence-corrected chi connectivity index (χ4v) is 2.03. The zero-order chi connectivity index (χ0) is 16.8. The number of ether oxygens (including phenoxy) is 1. The van der Waals surface area contributed by atoms with Gasteiger partial charge in [-0.15, -0.1) is 0 Å². The fraction of sp³-hybridized carbons (Fsp3) is 0.562. The molecule has 1 atom stereocenters. The van der Waals surface area contributed by atoms with Crippen LogP contribution in [0, 0.1) is 0 Å². The predicted molar refractivity (Wildman–Crippen MR) is 89.3 cm³/mol. The molecule has 1 unspecified atom stereocenters. The third-order valence-electron chi connectivity index (χ3n) is 2.75. The number of likely N-dealkylation sites (N-methyl/N-ethyl adjacent to an activating group) is 1. The van der Waals surface area contributed by atoms with Crippen molar-refractivity contribution >= 4 is 23.2 Å². The molecule has 0 saturated heterocycles. The van der Waals surface area contributed by atoms with Crippen molar-refractivity contribution in [3.8, 4) is 0 Å². The van der Waals surface area contributed by atoms with Crippen LogP contribution in [-0.4, -0.2) is 54.4 Å². The Kier molecular flexibility index (Phi) is 7.29. The lowest BCUT2D eigenvalue weighted by Gasteiger charge is -2.24. The number of aliphatic hydroxyl groups excluding tert-OH is 1. The Hall–Kier alpha value is -1.14. The van der Waals surface area contributed by atoms with Crippen LogP contribution in [0.1, 0.15) is 20.8 Å². The van der Waals surface area contributed by atoms with Crippen molar-refractivity contribution in [3.63, 3.8) is 0 Å². The smallest absolute Gasteiger partial charge is 0.238 e. The first-order valence-corrected chi connectivity index (χ1v) is 7.59. The zero-order valence-electron chi connectivity index (χ0n) is 13.6. The first-order valence-electron chi connectivity index (χ1n) is 7.22. The van der Waals surface area contributed by atoms with E-state index in [0.29, 0.717) is 17.3 Å². The molecular formula is C16H25ClN2O3. The number of nitrogens with zero attached hydrogens (tertiary/aromatic N) is 1. The van der Waals surface area contributed by atoms with Crippen LogP contribution in [0.3, 0.4) is 0 Å². The molecule has 0 fully saturated rings. The second-order valence-electron chi connectivity index (χ2n) is 6.33. The van der Waals surface area contributed by atoms with Crippen molar-refractivity contribution < 1.29 is 14.6 Å². The van der Waals surface area contributed by atoms with Gasteiger partial charge in [0.1, 0.15) is 0 Å². The van der Waals surface area contributed by atoms with Crippen LogP contribution in [0.15, 0.2) is 24.3 Å². The average Bonchev–Trinajstić information content (AvgIpc) is 2.35. The summed E-state index contributed by atoms with van der Waals surface area (Å²) in [6, 6.07) is 6.98. The summed E-state index contributed by atoms with van der Waals surface area (Å²) in [5.74, 6) is -0.159. The van der Waals surface area contributed by atoms with Gasteiger partial charge in [0.15, 0.2) is 0 Å². The number of carbonyl (C=O) groups excluding carboxylic acids is 1. The van der Waals surface area contributed by atoms with E-state index in [1.807, 2.05) is 20.8 Å². The molecule has 0 spiro atoms. The van der Waals surface area contributed by atoms with Crippen molar-refractivity contribution in [2.75, 3.05) is 32.1 Å². The van der Waals surface area contributed by atoms with E-state index in [9.17, 15) is 9.90 Å². The van der Waals surface area contributed by atoms with Gasteiger partial charge in [0.05, 0.1) is 24.9 Å². The summed E-state index contributed by atoms with van der Waals surface area (Å²) < 4.78 is 5.51. The summed E-state index contributed by atoms with van der Waals surface area (Å²) in [5, 5.41) is 13.2. The maximum atomic E-state index is 11.9. The molecule has 1 aromatic carbocycles. The number of amides is 1. The van der Waals surface area contributed by atoms with E-state index in [2.05, 4.69) is 5.32 Å². The number of halogens is 1. The van der Waals surface area contributed by atoms with Crippen LogP contribution in [-0.2, 0) is 9.53 Å². The van der Waals surface area contributed by atoms with Gasteiger partial charge in [0.25, 0.3) is 0 Å². The number of hydrogen-bond acceptors (Lipinski definition) is 4. The zero-order valence-corrected chi connectivity index (χ0v) is 14.4. The van der Waals surface area contributed by atoms with E-state index in [0.717, 1.165) is 0 Å². The third kappa shape index (κ3) is 8.34. The van der Waals surface area contributed by atoms with Gasteiger partial charge < -0.3 is 15.2 Å². The topological polar surface area (TPSA) is 61.8 Å². The van der Waals surface area contributed by atoms with Crippen LogP contribution in [0.4, 0.5) is 5.69 Å². The molecule has 6 heteroatoms. The number of aliphatic hydroxyl groups is 1. The molecular weight excluding hydrogens is 304 g/mol. The Morgan fingerprint density at radius 2 is 2.14 bits per heavy atom. The molecule has 0 aliphatic rings. The Labute approximate surface area is 137 Å². The molecule has 1 rings (SSSR count). The van der Waals surface area contributed by atoms with Gasteiger partial charge >= 0.3 is 0 Å². The Bertz CT molecular complexity index is 489. The van der Waals surface area contributed by atoms with Gasteiger partial charge in [-0.25, -0.2) is 0 Å².